The molecule has 2 atom stereocenters. The molecule has 0 radical (unpaired) electrons. The van der Waals surface area contributed by atoms with E-state index in [1.807, 2.05) is 24.5 Å². The van der Waals surface area contributed by atoms with Crippen LogP contribution in [0.4, 0.5) is 5.95 Å². The standard InChI is InChI=1S/C20H24ClN5O2/c1-12(2)9-26-11-23-16-7-13(3-4-17(16)26)19-14(21)8-22-20(25-19)24-15-5-6-28-10-18(15)27/h3-4,7-8,11-12,15,18,27H,5-6,9-10H2,1-2H3,(H,22,24,25)/t15-,18-/m1/s1. The third-order valence-electron chi connectivity index (χ3n) is 4.84. The van der Waals surface area contributed by atoms with Crippen molar-refractivity contribution in [1.82, 2.24) is 19.5 Å². The zero-order valence-electron chi connectivity index (χ0n) is 16.0. The number of aliphatic hydroxyl groups excluding tert-OH is 1. The van der Waals surface area contributed by atoms with E-state index < -0.39 is 6.10 Å². The highest BCUT2D eigenvalue weighted by Gasteiger charge is 2.24. The van der Waals surface area contributed by atoms with Gasteiger partial charge in [0.15, 0.2) is 0 Å². The van der Waals surface area contributed by atoms with Gasteiger partial charge < -0.3 is 19.7 Å². The Kier molecular flexibility index (Phi) is 5.48. The van der Waals surface area contributed by atoms with Crippen molar-refractivity contribution in [3.05, 3.63) is 35.7 Å². The number of nitrogens with one attached hydrogen (secondary N) is 1. The molecular formula is C20H24ClN5O2. The first kappa shape index (κ1) is 19.1. The van der Waals surface area contributed by atoms with E-state index in [4.69, 9.17) is 16.3 Å². The molecule has 0 unspecified atom stereocenters. The Morgan fingerprint density at radius 3 is 3.00 bits per heavy atom. The van der Waals surface area contributed by atoms with Crippen molar-refractivity contribution in [2.45, 2.75) is 39.0 Å². The summed E-state index contributed by atoms with van der Waals surface area (Å²) in [7, 11) is 0. The molecule has 1 aliphatic rings. The van der Waals surface area contributed by atoms with Crippen LogP contribution in [0.15, 0.2) is 30.7 Å². The summed E-state index contributed by atoms with van der Waals surface area (Å²) in [5, 5.41) is 13.7. The number of hydrogen-bond donors (Lipinski definition) is 2. The molecule has 0 spiro atoms. The molecular weight excluding hydrogens is 378 g/mol. The third kappa shape index (κ3) is 3.97. The van der Waals surface area contributed by atoms with Gasteiger partial charge in [-0.15, -0.1) is 0 Å². The lowest BCUT2D eigenvalue weighted by Gasteiger charge is -2.28. The van der Waals surface area contributed by atoms with Gasteiger partial charge in [-0.25, -0.2) is 15.0 Å². The van der Waals surface area contributed by atoms with E-state index in [1.54, 1.807) is 6.20 Å². The molecule has 2 N–H and O–H groups in total. The predicted octanol–water partition coefficient (Wildman–Crippen LogP) is 3.36. The topological polar surface area (TPSA) is 85.1 Å². The van der Waals surface area contributed by atoms with Crippen molar-refractivity contribution in [2.24, 2.45) is 5.92 Å². The van der Waals surface area contributed by atoms with E-state index in [0.29, 0.717) is 42.2 Å². The normalized spacial score (nSPS) is 20.0. The number of anilines is 1. The van der Waals surface area contributed by atoms with Gasteiger partial charge in [0.05, 0.1) is 53.0 Å². The Labute approximate surface area is 168 Å². The second kappa shape index (κ2) is 8.03. The van der Waals surface area contributed by atoms with Crippen molar-refractivity contribution >= 4 is 28.6 Å². The fraction of sp³-hybridized carbons (Fsp3) is 0.450. The minimum absolute atomic E-state index is 0.142. The Morgan fingerprint density at radius 1 is 1.36 bits per heavy atom. The van der Waals surface area contributed by atoms with Crippen LogP contribution in [-0.4, -0.2) is 50.0 Å². The molecule has 1 aromatic carbocycles. The molecule has 0 saturated carbocycles. The maximum atomic E-state index is 10.1. The number of rotatable bonds is 5. The van der Waals surface area contributed by atoms with Crippen molar-refractivity contribution < 1.29 is 9.84 Å². The second-order valence-electron chi connectivity index (χ2n) is 7.57. The molecule has 0 aliphatic carbocycles. The molecule has 3 heterocycles. The van der Waals surface area contributed by atoms with Gasteiger partial charge in [0.25, 0.3) is 0 Å². The highest BCUT2D eigenvalue weighted by Crippen LogP contribution is 2.29. The van der Waals surface area contributed by atoms with E-state index >= 15 is 0 Å². The molecule has 1 fully saturated rings. The van der Waals surface area contributed by atoms with Crippen molar-refractivity contribution in [3.63, 3.8) is 0 Å². The number of benzene rings is 1. The van der Waals surface area contributed by atoms with Gasteiger partial charge in [-0.3, -0.25) is 0 Å². The van der Waals surface area contributed by atoms with E-state index in [2.05, 4.69) is 38.7 Å². The average Bonchev–Trinajstić information content (AvgIpc) is 3.06. The monoisotopic (exact) mass is 401 g/mol. The van der Waals surface area contributed by atoms with Crippen LogP contribution in [0.25, 0.3) is 22.3 Å². The highest BCUT2D eigenvalue weighted by molar-refractivity contribution is 6.33. The Bertz CT molecular complexity index is 974. The Morgan fingerprint density at radius 2 is 2.21 bits per heavy atom. The summed E-state index contributed by atoms with van der Waals surface area (Å²) in [5.41, 5.74) is 3.51. The van der Waals surface area contributed by atoms with Gasteiger partial charge in [0.2, 0.25) is 5.95 Å². The van der Waals surface area contributed by atoms with Gasteiger partial charge in [-0.1, -0.05) is 31.5 Å². The number of aliphatic hydroxyl groups is 1. The molecule has 28 heavy (non-hydrogen) atoms. The first-order valence-electron chi connectivity index (χ1n) is 9.51. The summed E-state index contributed by atoms with van der Waals surface area (Å²) < 4.78 is 7.43. The van der Waals surface area contributed by atoms with Crippen LogP contribution in [0.1, 0.15) is 20.3 Å². The van der Waals surface area contributed by atoms with E-state index in [1.165, 1.54) is 0 Å². The Hall–Kier alpha value is -2.22. The summed E-state index contributed by atoms with van der Waals surface area (Å²) in [4.78, 5) is 13.4. The fourth-order valence-electron chi connectivity index (χ4n) is 3.45. The fourth-order valence-corrected chi connectivity index (χ4v) is 3.65. The number of aromatic nitrogens is 4. The van der Waals surface area contributed by atoms with Crippen molar-refractivity contribution in [1.29, 1.82) is 0 Å². The summed E-state index contributed by atoms with van der Waals surface area (Å²) in [6, 6.07) is 5.90. The first-order valence-corrected chi connectivity index (χ1v) is 9.89. The van der Waals surface area contributed by atoms with Crippen molar-refractivity contribution in [2.75, 3.05) is 18.5 Å². The highest BCUT2D eigenvalue weighted by atomic mass is 35.5. The number of nitrogens with zero attached hydrogens (tertiary/aromatic N) is 4. The minimum atomic E-state index is -0.585. The van der Waals surface area contributed by atoms with Crippen LogP contribution in [0.5, 0.6) is 0 Å². The van der Waals surface area contributed by atoms with Crippen LogP contribution < -0.4 is 5.32 Å². The van der Waals surface area contributed by atoms with E-state index in [0.717, 1.165) is 23.1 Å². The molecule has 1 saturated heterocycles. The average molecular weight is 402 g/mol. The Balaban J connectivity index is 1.63. The predicted molar refractivity (Wildman–Crippen MR) is 109 cm³/mol. The summed E-state index contributed by atoms with van der Waals surface area (Å²) >= 11 is 6.38. The molecule has 7 nitrogen and oxygen atoms in total. The number of fused-ring (bicyclic) bond motifs is 1. The van der Waals surface area contributed by atoms with Crippen LogP contribution >= 0.6 is 11.6 Å². The largest absolute Gasteiger partial charge is 0.389 e. The lowest BCUT2D eigenvalue weighted by molar-refractivity contribution is -0.0136. The smallest absolute Gasteiger partial charge is 0.223 e. The third-order valence-corrected chi connectivity index (χ3v) is 5.12. The van der Waals surface area contributed by atoms with Gasteiger partial charge >= 0.3 is 0 Å². The molecule has 3 aromatic rings. The number of halogens is 1. The molecule has 2 aromatic heterocycles. The summed E-state index contributed by atoms with van der Waals surface area (Å²) in [6.07, 6.45) is 3.56. The number of ether oxygens (including phenoxy) is 1. The summed E-state index contributed by atoms with van der Waals surface area (Å²) in [5.74, 6) is 0.985. The van der Waals surface area contributed by atoms with Gasteiger partial charge in [0.1, 0.15) is 0 Å². The summed E-state index contributed by atoms with van der Waals surface area (Å²) in [6.45, 7) is 6.21. The maximum absolute atomic E-state index is 10.1. The van der Waals surface area contributed by atoms with Crippen LogP contribution in [-0.2, 0) is 11.3 Å². The minimum Gasteiger partial charge on any atom is -0.389 e. The van der Waals surface area contributed by atoms with Crippen molar-refractivity contribution in [3.8, 4) is 11.3 Å². The molecule has 148 valence electrons. The lowest BCUT2D eigenvalue weighted by Crippen LogP contribution is -2.42. The zero-order chi connectivity index (χ0) is 19.7. The van der Waals surface area contributed by atoms with E-state index in [-0.39, 0.29) is 6.04 Å². The van der Waals surface area contributed by atoms with Crippen LogP contribution in [0, 0.1) is 5.92 Å². The van der Waals surface area contributed by atoms with Crippen LogP contribution in [0.3, 0.4) is 0 Å². The molecule has 0 bridgehead atoms. The van der Waals surface area contributed by atoms with Gasteiger partial charge in [-0.2, -0.15) is 0 Å². The lowest BCUT2D eigenvalue weighted by atomic mass is 10.1. The number of imidazole rings is 1. The zero-order valence-corrected chi connectivity index (χ0v) is 16.7. The quantitative estimate of drug-likeness (QED) is 0.681. The van der Waals surface area contributed by atoms with Crippen LogP contribution in [0.2, 0.25) is 5.02 Å². The first-order chi connectivity index (χ1) is 13.5. The van der Waals surface area contributed by atoms with Gasteiger partial charge in [-0.05, 0) is 24.5 Å². The SMILES string of the molecule is CC(C)Cn1cnc2cc(-c3nc(N[C@@H]4CCOC[C@H]4O)ncc3Cl)ccc21. The molecule has 8 heteroatoms. The van der Waals surface area contributed by atoms with E-state index in [9.17, 15) is 5.11 Å². The molecule has 4 rings (SSSR count). The molecule has 1 aliphatic heterocycles. The molecule has 0 amide bonds. The maximum Gasteiger partial charge on any atom is 0.223 e. The number of hydrogen-bond acceptors (Lipinski definition) is 6. The van der Waals surface area contributed by atoms with Gasteiger partial charge in [0, 0.05) is 18.7 Å². The second-order valence-corrected chi connectivity index (χ2v) is 7.97.